The van der Waals surface area contributed by atoms with Crippen LogP contribution >= 0.6 is 23.2 Å². The van der Waals surface area contributed by atoms with Crippen LogP contribution in [0.15, 0.2) is 48.5 Å². The highest BCUT2D eigenvalue weighted by Gasteiger charge is 2.29. The van der Waals surface area contributed by atoms with Crippen LogP contribution in [0.3, 0.4) is 0 Å². The minimum Gasteiger partial charge on any atom is -0.480 e. The molecule has 3 rings (SSSR count). The second kappa shape index (κ2) is 11.0. The summed E-state index contributed by atoms with van der Waals surface area (Å²) < 4.78 is 0. The number of carboxylic acid groups (broad SMARTS) is 1. The minimum atomic E-state index is -0.853. The normalized spacial score (nSPS) is 17.5. The van der Waals surface area contributed by atoms with Gasteiger partial charge in [0.05, 0.1) is 29.1 Å². The van der Waals surface area contributed by atoms with Gasteiger partial charge in [0.1, 0.15) is 0 Å². The van der Waals surface area contributed by atoms with Gasteiger partial charge in [0.25, 0.3) is 0 Å². The molecule has 6 nitrogen and oxygen atoms in total. The van der Waals surface area contributed by atoms with Crippen molar-refractivity contribution in [2.75, 3.05) is 33.2 Å². The average Bonchev–Trinajstić information content (AvgIpc) is 3.21. The minimum absolute atomic E-state index is 0.00742. The Morgan fingerprint density at radius 2 is 1.94 bits per heavy atom. The summed E-state index contributed by atoms with van der Waals surface area (Å²) in [5.74, 6) is -0.861. The molecule has 1 saturated heterocycles. The molecule has 31 heavy (non-hydrogen) atoms. The van der Waals surface area contributed by atoms with Crippen LogP contribution in [0.4, 0.5) is 0 Å². The van der Waals surface area contributed by atoms with E-state index in [1.54, 1.807) is 17.0 Å². The fourth-order valence-corrected chi connectivity index (χ4v) is 4.21. The second-order valence-corrected chi connectivity index (χ2v) is 8.69. The lowest BCUT2D eigenvalue weighted by Crippen LogP contribution is -2.41. The van der Waals surface area contributed by atoms with E-state index in [0.29, 0.717) is 16.6 Å². The van der Waals surface area contributed by atoms with Crippen LogP contribution in [0.5, 0.6) is 0 Å². The Morgan fingerprint density at radius 1 is 1.19 bits per heavy atom. The van der Waals surface area contributed by atoms with Gasteiger partial charge in [-0.15, -0.1) is 0 Å². The molecule has 0 spiro atoms. The summed E-state index contributed by atoms with van der Waals surface area (Å²) in [5.41, 5.74) is 1.88. The first kappa shape index (κ1) is 23.5. The number of carbonyl (C=O) groups excluding carboxylic acids is 1. The molecule has 0 saturated carbocycles. The lowest BCUT2D eigenvalue weighted by molar-refractivity contribution is -0.136. The number of amides is 1. The van der Waals surface area contributed by atoms with E-state index in [2.05, 4.69) is 10.2 Å². The summed E-state index contributed by atoms with van der Waals surface area (Å²) in [6, 6.07) is 15.2. The number of aliphatic carboxylic acids is 1. The highest BCUT2D eigenvalue weighted by atomic mass is 35.5. The molecular weight excluding hydrogens is 437 g/mol. The number of carboxylic acids is 1. The van der Waals surface area contributed by atoms with Gasteiger partial charge in [-0.05, 0) is 36.2 Å². The number of likely N-dealkylation sites (N-methyl/N-ethyl adjacent to an activating group) is 1. The first-order chi connectivity index (χ1) is 14.8. The lowest BCUT2D eigenvalue weighted by Gasteiger charge is -2.32. The van der Waals surface area contributed by atoms with Crippen molar-refractivity contribution in [1.29, 1.82) is 0 Å². The van der Waals surface area contributed by atoms with Gasteiger partial charge in [-0.1, -0.05) is 59.6 Å². The molecule has 1 amide bonds. The number of rotatable bonds is 9. The van der Waals surface area contributed by atoms with E-state index in [4.69, 9.17) is 28.3 Å². The van der Waals surface area contributed by atoms with Crippen LogP contribution < -0.4 is 5.32 Å². The molecule has 0 aliphatic carbocycles. The van der Waals surface area contributed by atoms with Crippen molar-refractivity contribution in [3.05, 3.63) is 69.7 Å². The maximum atomic E-state index is 13.1. The Hall–Kier alpha value is -2.12. The Morgan fingerprint density at radius 3 is 2.61 bits per heavy atom. The molecule has 0 radical (unpaired) electrons. The number of halogens is 2. The predicted molar refractivity (Wildman–Crippen MR) is 123 cm³/mol. The van der Waals surface area contributed by atoms with Crippen molar-refractivity contribution in [1.82, 2.24) is 15.1 Å². The van der Waals surface area contributed by atoms with Gasteiger partial charge >= 0.3 is 5.97 Å². The van der Waals surface area contributed by atoms with E-state index in [1.165, 1.54) is 0 Å². The lowest BCUT2D eigenvalue weighted by atomic mass is 10.0. The fourth-order valence-electron chi connectivity index (χ4n) is 3.89. The molecule has 0 unspecified atom stereocenters. The molecule has 0 aromatic heterocycles. The molecule has 2 aromatic rings. The van der Waals surface area contributed by atoms with Crippen LogP contribution in [0.25, 0.3) is 0 Å². The molecule has 2 N–H and O–H groups in total. The van der Waals surface area contributed by atoms with Crippen molar-refractivity contribution in [2.45, 2.75) is 24.9 Å². The predicted octanol–water partition coefficient (Wildman–Crippen LogP) is 3.48. The van der Waals surface area contributed by atoms with E-state index in [0.717, 1.165) is 30.6 Å². The molecule has 166 valence electrons. The third-order valence-corrected chi connectivity index (χ3v) is 6.37. The quantitative estimate of drug-likeness (QED) is 0.595. The summed E-state index contributed by atoms with van der Waals surface area (Å²) in [4.78, 5) is 28.0. The number of nitrogens with zero attached hydrogens (tertiary/aromatic N) is 2. The standard InChI is InChI=1S/C23H27Cl2N3O3/c1-27(22(29)12-16-7-8-19(24)20(25)11-16)21(17-5-3-2-4-6-17)15-28-10-9-18(14-28)26-13-23(30)31/h2-8,11,18,21,26H,9-10,12-15H2,1H3,(H,30,31)/t18-,21+/m0/s1. The number of likely N-dealkylation sites (tertiary alicyclic amines) is 1. The number of hydrogen-bond donors (Lipinski definition) is 2. The molecular formula is C23H27Cl2N3O3. The van der Waals surface area contributed by atoms with Crippen molar-refractivity contribution >= 4 is 35.1 Å². The van der Waals surface area contributed by atoms with Gasteiger partial charge in [0.2, 0.25) is 5.91 Å². The Labute approximate surface area is 192 Å². The van der Waals surface area contributed by atoms with Gasteiger partial charge < -0.3 is 15.3 Å². The zero-order valence-electron chi connectivity index (χ0n) is 17.4. The average molecular weight is 464 g/mol. The van der Waals surface area contributed by atoms with Gasteiger partial charge in [0.15, 0.2) is 0 Å². The van der Waals surface area contributed by atoms with Crippen LogP contribution in [-0.2, 0) is 16.0 Å². The summed E-state index contributed by atoms with van der Waals surface area (Å²) in [7, 11) is 1.83. The summed E-state index contributed by atoms with van der Waals surface area (Å²) >= 11 is 12.1. The number of hydrogen-bond acceptors (Lipinski definition) is 4. The Balaban J connectivity index is 1.69. The van der Waals surface area contributed by atoms with Crippen molar-refractivity contribution < 1.29 is 14.7 Å². The first-order valence-corrected chi connectivity index (χ1v) is 11.0. The van der Waals surface area contributed by atoms with Crippen LogP contribution in [-0.4, -0.2) is 66.1 Å². The van der Waals surface area contributed by atoms with Crippen molar-refractivity contribution in [2.24, 2.45) is 0 Å². The number of benzene rings is 2. The largest absolute Gasteiger partial charge is 0.480 e. The summed E-state index contributed by atoms with van der Waals surface area (Å²) in [6.07, 6.45) is 1.12. The highest BCUT2D eigenvalue weighted by molar-refractivity contribution is 6.42. The van der Waals surface area contributed by atoms with E-state index in [-0.39, 0.29) is 31.0 Å². The monoisotopic (exact) mass is 463 g/mol. The molecule has 1 fully saturated rings. The molecule has 0 bridgehead atoms. The molecule has 1 heterocycles. The van der Waals surface area contributed by atoms with Crippen molar-refractivity contribution in [3.8, 4) is 0 Å². The molecule has 2 atom stereocenters. The number of carbonyl (C=O) groups is 2. The smallest absolute Gasteiger partial charge is 0.317 e. The molecule has 8 heteroatoms. The van der Waals surface area contributed by atoms with Gasteiger partial charge in [-0.3, -0.25) is 14.5 Å². The summed E-state index contributed by atoms with van der Waals surface area (Å²) in [5, 5.41) is 12.9. The van der Waals surface area contributed by atoms with Gasteiger partial charge in [-0.2, -0.15) is 0 Å². The fraction of sp³-hybridized carbons (Fsp3) is 0.391. The molecule has 1 aliphatic rings. The Kier molecular flexibility index (Phi) is 8.32. The maximum Gasteiger partial charge on any atom is 0.317 e. The molecule has 1 aliphatic heterocycles. The highest BCUT2D eigenvalue weighted by Crippen LogP contribution is 2.26. The van der Waals surface area contributed by atoms with Gasteiger partial charge in [-0.25, -0.2) is 0 Å². The van der Waals surface area contributed by atoms with Crippen LogP contribution in [0, 0.1) is 0 Å². The summed E-state index contributed by atoms with van der Waals surface area (Å²) in [6.45, 7) is 2.25. The van der Waals surface area contributed by atoms with Crippen LogP contribution in [0.1, 0.15) is 23.6 Å². The zero-order chi connectivity index (χ0) is 22.4. The topological polar surface area (TPSA) is 72.9 Å². The van der Waals surface area contributed by atoms with E-state index in [9.17, 15) is 9.59 Å². The second-order valence-electron chi connectivity index (χ2n) is 7.88. The van der Waals surface area contributed by atoms with E-state index < -0.39 is 5.97 Å². The van der Waals surface area contributed by atoms with Crippen molar-refractivity contribution in [3.63, 3.8) is 0 Å². The van der Waals surface area contributed by atoms with E-state index >= 15 is 0 Å². The van der Waals surface area contributed by atoms with E-state index in [1.807, 2.05) is 43.4 Å². The third kappa shape index (κ3) is 6.68. The van der Waals surface area contributed by atoms with Crippen LogP contribution in [0.2, 0.25) is 10.0 Å². The third-order valence-electron chi connectivity index (χ3n) is 5.63. The molecule has 2 aromatic carbocycles. The SMILES string of the molecule is CN(C(=O)Cc1ccc(Cl)c(Cl)c1)[C@H](CN1CC[C@H](NCC(=O)O)C1)c1ccccc1. The maximum absolute atomic E-state index is 13.1. The first-order valence-electron chi connectivity index (χ1n) is 10.3. The Bertz CT molecular complexity index is 910. The number of nitrogens with one attached hydrogen (secondary N) is 1. The van der Waals surface area contributed by atoms with Gasteiger partial charge in [0, 0.05) is 26.2 Å². The zero-order valence-corrected chi connectivity index (χ0v) is 18.9.